The van der Waals surface area contributed by atoms with Crippen LogP contribution in [0.5, 0.6) is 11.5 Å². The topological polar surface area (TPSA) is 100 Å². The van der Waals surface area contributed by atoms with Crippen molar-refractivity contribution in [1.29, 1.82) is 0 Å². The third kappa shape index (κ3) is 6.16. The fourth-order valence-electron chi connectivity index (χ4n) is 2.44. The van der Waals surface area contributed by atoms with Crippen LogP contribution >= 0.6 is 0 Å². The van der Waals surface area contributed by atoms with Crippen LogP contribution in [-0.2, 0) is 21.7 Å². The lowest BCUT2D eigenvalue weighted by atomic mass is 10.2. The summed E-state index contributed by atoms with van der Waals surface area (Å²) >= 11 is -1.49. The number of anilines is 2. The Kier molecular flexibility index (Phi) is 6.63. The van der Waals surface area contributed by atoms with E-state index in [1.165, 1.54) is 54.7 Å². The number of aromatic nitrogens is 1. The molecule has 0 saturated heterocycles. The third-order valence-corrected chi connectivity index (χ3v) is 4.97. The molecule has 3 N–H and O–H groups in total. The minimum atomic E-state index is -1.49. The summed E-state index contributed by atoms with van der Waals surface area (Å²) in [6.45, 7) is 0. The summed E-state index contributed by atoms with van der Waals surface area (Å²) in [6, 6.07) is 12.4. The largest absolute Gasteiger partial charge is 0.616 e. The number of nitrogens with two attached hydrogens (primary N) is 1. The molecular weight excluding hydrogens is 400 g/mol. The molecule has 0 aliphatic rings. The number of amides is 1. The maximum absolute atomic E-state index is 14.3. The molecular formula is C20H17F2N3O3S. The lowest BCUT2D eigenvalue weighted by Crippen LogP contribution is -2.24. The van der Waals surface area contributed by atoms with Gasteiger partial charge >= 0.3 is 0 Å². The van der Waals surface area contributed by atoms with E-state index in [2.05, 4.69) is 10.3 Å². The van der Waals surface area contributed by atoms with E-state index in [0.29, 0.717) is 11.3 Å². The molecule has 1 atom stereocenters. The third-order valence-electron chi connectivity index (χ3n) is 3.73. The van der Waals surface area contributed by atoms with Gasteiger partial charge in [-0.15, -0.1) is 0 Å². The molecule has 9 heteroatoms. The Labute approximate surface area is 168 Å². The minimum Gasteiger partial charge on any atom is -0.616 e. The van der Waals surface area contributed by atoms with E-state index in [1.54, 1.807) is 0 Å². The maximum Gasteiger partial charge on any atom is 0.274 e. The number of nitrogen functional groups attached to an aromatic ring is 1. The highest BCUT2D eigenvalue weighted by Gasteiger charge is 2.15. The number of carbonyl (C=O) groups excluding carboxylic acids is 1. The lowest BCUT2D eigenvalue weighted by molar-refractivity contribution is -0.113. The molecule has 3 aromatic rings. The van der Waals surface area contributed by atoms with Crippen LogP contribution < -0.4 is 15.8 Å². The molecule has 150 valence electrons. The maximum atomic E-state index is 14.3. The highest BCUT2D eigenvalue weighted by Crippen LogP contribution is 2.27. The van der Waals surface area contributed by atoms with Crippen molar-refractivity contribution < 1.29 is 22.9 Å². The Morgan fingerprint density at radius 3 is 2.59 bits per heavy atom. The first-order chi connectivity index (χ1) is 13.9. The van der Waals surface area contributed by atoms with Crippen molar-refractivity contribution in [3.05, 3.63) is 78.0 Å². The fourth-order valence-corrected chi connectivity index (χ4v) is 3.47. The van der Waals surface area contributed by atoms with Gasteiger partial charge in [0.1, 0.15) is 23.1 Å². The predicted octanol–water partition coefficient (Wildman–Crippen LogP) is 3.62. The molecule has 0 radical (unpaired) electrons. The van der Waals surface area contributed by atoms with Crippen LogP contribution in [-0.4, -0.2) is 21.2 Å². The molecule has 0 spiro atoms. The summed E-state index contributed by atoms with van der Waals surface area (Å²) in [7, 11) is 0. The van der Waals surface area contributed by atoms with Crippen LogP contribution in [0, 0.1) is 11.6 Å². The number of pyridine rings is 1. The minimum absolute atomic E-state index is 0.0477. The van der Waals surface area contributed by atoms with Crippen molar-refractivity contribution in [3.8, 4) is 11.5 Å². The summed E-state index contributed by atoms with van der Waals surface area (Å²) in [5.74, 6) is -1.25. The van der Waals surface area contributed by atoms with Gasteiger partial charge in [-0.2, -0.15) is 0 Å². The number of nitrogens with one attached hydrogen (secondary N) is 1. The number of hydrogen-bond acceptors (Lipinski definition) is 5. The number of halogens is 2. The Balaban J connectivity index is 1.56. The van der Waals surface area contributed by atoms with Crippen LogP contribution in [0.25, 0.3) is 0 Å². The summed E-state index contributed by atoms with van der Waals surface area (Å²) < 4.78 is 44.6. The van der Waals surface area contributed by atoms with E-state index in [-0.39, 0.29) is 34.6 Å². The smallest absolute Gasteiger partial charge is 0.274 e. The molecule has 1 unspecified atom stereocenters. The van der Waals surface area contributed by atoms with Crippen LogP contribution in [0.1, 0.15) is 5.56 Å². The molecule has 1 aromatic heterocycles. The lowest BCUT2D eigenvalue weighted by Gasteiger charge is -2.12. The Bertz CT molecular complexity index is 1000. The standard InChI is InChI=1S/C20H17F2N3O3S/c21-14-3-1-13(2-4-14)11-29(27)12-20(26)25-15-5-6-18(17(22)9-15)28-16-7-8-24-19(23)10-16/h1-10H,11-12H2,(H2,23,24)(H,25,26). The molecule has 0 bridgehead atoms. The van der Waals surface area contributed by atoms with Gasteiger partial charge in [0.05, 0.1) is 0 Å². The van der Waals surface area contributed by atoms with Crippen LogP contribution in [0.2, 0.25) is 0 Å². The monoisotopic (exact) mass is 417 g/mol. The van der Waals surface area contributed by atoms with Crippen LogP contribution in [0.3, 0.4) is 0 Å². The van der Waals surface area contributed by atoms with Gasteiger partial charge in [-0.25, -0.2) is 13.8 Å². The highest BCUT2D eigenvalue weighted by atomic mass is 32.2. The molecule has 2 aromatic carbocycles. The molecule has 29 heavy (non-hydrogen) atoms. The molecule has 0 saturated carbocycles. The fraction of sp³-hybridized carbons (Fsp3) is 0.100. The Morgan fingerprint density at radius 2 is 1.90 bits per heavy atom. The van der Waals surface area contributed by atoms with Crippen molar-refractivity contribution in [2.24, 2.45) is 0 Å². The van der Waals surface area contributed by atoms with E-state index in [1.807, 2.05) is 0 Å². The quantitative estimate of drug-likeness (QED) is 0.572. The molecule has 0 aliphatic heterocycles. The molecule has 1 heterocycles. The zero-order valence-electron chi connectivity index (χ0n) is 15.1. The number of rotatable bonds is 7. The molecule has 6 nitrogen and oxygen atoms in total. The second kappa shape index (κ2) is 9.35. The molecule has 0 aliphatic carbocycles. The first kappa shape index (κ1) is 20.6. The van der Waals surface area contributed by atoms with E-state index in [9.17, 15) is 18.1 Å². The molecule has 3 rings (SSSR count). The number of benzene rings is 2. The first-order valence-corrected chi connectivity index (χ1v) is 9.96. The van der Waals surface area contributed by atoms with Gasteiger partial charge in [0.25, 0.3) is 5.91 Å². The number of hydrogen-bond donors (Lipinski definition) is 2. The van der Waals surface area contributed by atoms with E-state index < -0.39 is 22.9 Å². The van der Waals surface area contributed by atoms with Crippen molar-refractivity contribution in [3.63, 3.8) is 0 Å². The van der Waals surface area contributed by atoms with Gasteiger partial charge in [-0.1, -0.05) is 12.1 Å². The van der Waals surface area contributed by atoms with Gasteiger partial charge < -0.3 is 20.3 Å². The van der Waals surface area contributed by atoms with Gasteiger partial charge in [-0.05, 0) is 41.5 Å². The predicted molar refractivity (Wildman–Crippen MR) is 107 cm³/mol. The Morgan fingerprint density at radius 1 is 1.14 bits per heavy atom. The Hall–Kier alpha value is -3.17. The average molecular weight is 417 g/mol. The van der Waals surface area contributed by atoms with Gasteiger partial charge in [0, 0.05) is 29.6 Å². The second-order valence-electron chi connectivity index (χ2n) is 6.07. The number of ether oxygens (including phenoxy) is 1. The summed E-state index contributed by atoms with van der Waals surface area (Å²) in [4.78, 5) is 15.9. The van der Waals surface area contributed by atoms with E-state index in [0.717, 1.165) is 6.07 Å². The zero-order valence-corrected chi connectivity index (χ0v) is 15.9. The summed E-state index contributed by atoms with van der Waals surface area (Å²) in [5, 5.41) is 2.49. The molecule has 1 amide bonds. The normalized spacial score (nSPS) is 11.7. The summed E-state index contributed by atoms with van der Waals surface area (Å²) in [6.07, 6.45) is 1.43. The summed E-state index contributed by atoms with van der Waals surface area (Å²) in [5.41, 5.74) is 6.41. The molecule has 0 fully saturated rings. The van der Waals surface area contributed by atoms with Crippen molar-refractivity contribution in [2.45, 2.75) is 5.75 Å². The first-order valence-electron chi connectivity index (χ1n) is 8.47. The SMILES string of the molecule is Nc1cc(Oc2ccc(NC(=O)C[S+]([O-])Cc3ccc(F)cc3)cc2F)ccn1. The van der Waals surface area contributed by atoms with Crippen LogP contribution in [0.15, 0.2) is 60.8 Å². The van der Waals surface area contributed by atoms with Crippen molar-refractivity contribution in [1.82, 2.24) is 4.98 Å². The van der Waals surface area contributed by atoms with Gasteiger partial charge in [0.2, 0.25) is 0 Å². The van der Waals surface area contributed by atoms with Gasteiger partial charge in [0.15, 0.2) is 17.3 Å². The average Bonchev–Trinajstić information content (AvgIpc) is 2.66. The zero-order chi connectivity index (χ0) is 20.8. The van der Waals surface area contributed by atoms with Crippen molar-refractivity contribution >= 4 is 28.6 Å². The van der Waals surface area contributed by atoms with Gasteiger partial charge in [-0.3, -0.25) is 4.79 Å². The highest BCUT2D eigenvalue weighted by molar-refractivity contribution is 7.91. The van der Waals surface area contributed by atoms with Crippen LogP contribution in [0.4, 0.5) is 20.3 Å². The number of nitrogens with zero attached hydrogens (tertiary/aromatic N) is 1. The van der Waals surface area contributed by atoms with E-state index in [4.69, 9.17) is 10.5 Å². The number of carbonyl (C=O) groups is 1. The van der Waals surface area contributed by atoms with E-state index >= 15 is 0 Å². The van der Waals surface area contributed by atoms with Crippen molar-refractivity contribution in [2.75, 3.05) is 16.8 Å². The second-order valence-corrected chi connectivity index (χ2v) is 7.52.